The number of aliphatic hydroxyl groups is 1. The summed E-state index contributed by atoms with van der Waals surface area (Å²) in [6.45, 7) is 0.653. The lowest BCUT2D eigenvalue weighted by Gasteiger charge is -2.30. The lowest BCUT2D eigenvalue weighted by molar-refractivity contribution is -0.00921. The fourth-order valence-electron chi connectivity index (χ4n) is 3.23. The highest BCUT2D eigenvalue weighted by Gasteiger charge is 2.36. The Morgan fingerprint density at radius 3 is 2.74 bits per heavy atom. The fraction of sp³-hybridized carbons (Fsp3) is 0.611. The molecule has 3 N–H and O–H groups in total. The lowest BCUT2D eigenvalue weighted by atomic mass is 10.0. The SMILES string of the molecule is O=C(NC1CCOC(C2CC2)C1)N[C@H](CO)Cc1ccccc1. The molecule has 0 radical (unpaired) electrons. The van der Waals surface area contributed by atoms with E-state index in [2.05, 4.69) is 10.6 Å². The lowest BCUT2D eigenvalue weighted by Crippen LogP contribution is -2.50. The summed E-state index contributed by atoms with van der Waals surface area (Å²) in [7, 11) is 0. The number of ether oxygens (including phenoxy) is 1. The molecule has 1 saturated heterocycles. The Labute approximate surface area is 137 Å². The van der Waals surface area contributed by atoms with Crippen molar-refractivity contribution in [3.63, 3.8) is 0 Å². The molecule has 1 aliphatic carbocycles. The third-order valence-electron chi connectivity index (χ3n) is 4.68. The Morgan fingerprint density at radius 2 is 2.04 bits per heavy atom. The van der Waals surface area contributed by atoms with E-state index in [0.29, 0.717) is 18.4 Å². The number of carbonyl (C=O) groups is 1. The molecule has 0 spiro atoms. The van der Waals surface area contributed by atoms with Gasteiger partial charge in [-0.15, -0.1) is 0 Å². The summed E-state index contributed by atoms with van der Waals surface area (Å²) in [5.74, 6) is 0.700. The maximum Gasteiger partial charge on any atom is 0.315 e. The quantitative estimate of drug-likeness (QED) is 0.749. The van der Waals surface area contributed by atoms with Crippen LogP contribution in [0.5, 0.6) is 0 Å². The van der Waals surface area contributed by atoms with Gasteiger partial charge < -0.3 is 20.5 Å². The van der Waals surface area contributed by atoms with E-state index in [0.717, 1.165) is 25.0 Å². The van der Waals surface area contributed by atoms with Gasteiger partial charge in [0.15, 0.2) is 0 Å². The number of aliphatic hydroxyl groups excluding tert-OH is 1. The van der Waals surface area contributed by atoms with Gasteiger partial charge in [0.05, 0.1) is 18.8 Å². The number of amides is 2. The number of carbonyl (C=O) groups excluding carboxylic acids is 1. The van der Waals surface area contributed by atoms with E-state index in [9.17, 15) is 9.90 Å². The summed E-state index contributed by atoms with van der Waals surface area (Å²) in [5, 5.41) is 15.4. The molecule has 1 aromatic carbocycles. The van der Waals surface area contributed by atoms with Crippen molar-refractivity contribution >= 4 is 6.03 Å². The van der Waals surface area contributed by atoms with E-state index in [-0.39, 0.29) is 24.7 Å². The first-order chi connectivity index (χ1) is 11.2. The monoisotopic (exact) mass is 318 g/mol. The second-order valence-corrected chi connectivity index (χ2v) is 6.65. The van der Waals surface area contributed by atoms with Crippen molar-refractivity contribution in [1.82, 2.24) is 10.6 Å². The smallest absolute Gasteiger partial charge is 0.315 e. The second kappa shape index (κ2) is 7.79. The average molecular weight is 318 g/mol. The van der Waals surface area contributed by atoms with Crippen molar-refractivity contribution in [2.24, 2.45) is 5.92 Å². The molecule has 1 saturated carbocycles. The minimum absolute atomic E-state index is 0.0687. The van der Waals surface area contributed by atoms with Crippen LogP contribution in [-0.4, -0.2) is 42.5 Å². The standard InChI is InChI=1S/C18H26N2O3/c21-12-16(10-13-4-2-1-3-5-13)20-18(22)19-15-8-9-23-17(11-15)14-6-7-14/h1-5,14-17,21H,6-12H2,(H2,19,20,22)/t15?,16-,17?/m0/s1. The summed E-state index contributed by atoms with van der Waals surface area (Å²) >= 11 is 0. The molecule has 1 aromatic rings. The summed E-state index contributed by atoms with van der Waals surface area (Å²) in [5.41, 5.74) is 1.10. The highest BCUT2D eigenvalue weighted by Crippen LogP contribution is 2.38. The first-order valence-corrected chi connectivity index (χ1v) is 8.58. The predicted molar refractivity (Wildman–Crippen MR) is 88.2 cm³/mol. The summed E-state index contributed by atoms with van der Waals surface area (Å²) in [4.78, 5) is 12.2. The molecule has 1 aliphatic heterocycles. The van der Waals surface area contributed by atoms with Gasteiger partial charge in [-0.1, -0.05) is 30.3 Å². The Morgan fingerprint density at radius 1 is 1.26 bits per heavy atom. The van der Waals surface area contributed by atoms with Gasteiger partial charge in [0.1, 0.15) is 0 Å². The van der Waals surface area contributed by atoms with Crippen molar-refractivity contribution in [3.05, 3.63) is 35.9 Å². The zero-order valence-corrected chi connectivity index (χ0v) is 13.4. The van der Waals surface area contributed by atoms with Gasteiger partial charge in [-0.25, -0.2) is 4.79 Å². The molecule has 2 unspecified atom stereocenters. The highest BCUT2D eigenvalue weighted by molar-refractivity contribution is 5.74. The Balaban J connectivity index is 1.45. The van der Waals surface area contributed by atoms with Crippen LogP contribution in [0.1, 0.15) is 31.2 Å². The first-order valence-electron chi connectivity index (χ1n) is 8.58. The molecular formula is C18H26N2O3. The van der Waals surface area contributed by atoms with Crippen molar-refractivity contribution in [3.8, 4) is 0 Å². The molecule has 5 nitrogen and oxygen atoms in total. The minimum atomic E-state index is -0.267. The van der Waals surface area contributed by atoms with Crippen LogP contribution >= 0.6 is 0 Å². The first kappa shape index (κ1) is 16.3. The van der Waals surface area contributed by atoms with E-state index < -0.39 is 0 Å². The van der Waals surface area contributed by atoms with E-state index in [1.54, 1.807) is 0 Å². The van der Waals surface area contributed by atoms with E-state index in [1.165, 1.54) is 12.8 Å². The summed E-state index contributed by atoms with van der Waals surface area (Å²) in [6.07, 6.45) is 5.22. The summed E-state index contributed by atoms with van der Waals surface area (Å²) in [6, 6.07) is 9.60. The van der Waals surface area contributed by atoms with Crippen LogP contribution in [0.15, 0.2) is 30.3 Å². The van der Waals surface area contributed by atoms with Crippen molar-refractivity contribution in [1.29, 1.82) is 0 Å². The topological polar surface area (TPSA) is 70.6 Å². The molecular weight excluding hydrogens is 292 g/mol. The largest absolute Gasteiger partial charge is 0.394 e. The second-order valence-electron chi connectivity index (χ2n) is 6.65. The maximum atomic E-state index is 12.2. The van der Waals surface area contributed by atoms with Crippen LogP contribution in [0.25, 0.3) is 0 Å². The van der Waals surface area contributed by atoms with Gasteiger partial charge in [-0.05, 0) is 43.6 Å². The van der Waals surface area contributed by atoms with Gasteiger partial charge >= 0.3 is 6.03 Å². The Kier molecular flexibility index (Phi) is 5.51. The molecule has 0 aromatic heterocycles. The number of hydrogen-bond acceptors (Lipinski definition) is 3. The number of nitrogens with one attached hydrogen (secondary N) is 2. The molecule has 3 atom stereocenters. The van der Waals surface area contributed by atoms with E-state index in [4.69, 9.17) is 4.74 Å². The molecule has 3 rings (SSSR count). The van der Waals surface area contributed by atoms with Gasteiger partial charge in [0.2, 0.25) is 0 Å². The number of rotatable bonds is 6. The molecule has 1 heterocycles. The molecule has 0 bridgehead atoms. The molecule has 23 heavy (non-hydrogen) atoms. The molecule has 2 fully saturated rings. The zero-order valence-electron chi connectivity index (χ0n) is 13.4. The van der Waals surface area contributed by atoms with Crippen LogP contribution in [0.3, 0.4) is 0 Å². The van der Waals surface area contributed by atoms with Crippen LogP contribution in [0, 0.1) is 5.92 Å². The average Bonchev–Trinajstić information content (AvgIpc) is 3.40. The predicted octanol–water partition coefficient (Wildman–Crippen LogP) is 1.85. The third kappa shape index (κ3) is 4.94. The van der Waals surface area contributed by atoms with E-state index >= 15 is 0 Å². The zero-order chi connectivity index (χ0) is 16.1. The highest BCUT2D eigenvalue weighted by atomic mass is 16.5. The fourth-order valence-corrected chi connectivity index (χ4v) is 3.23. The van der Waals surface area contributed by atoms with Crippen molar-refractivity contribution in [2.75, 3.05) is 13.2 Å². The Bertz CT molecular complexity index is 504. The van der Waals surface area contributed by atoms with Gasteiger partial charge in [-0.2, -0.15) is 0 Å². The van der Waals surface area contributed by atoms with Gasteiger partial charge in [0, 0.05) is 12.6 Å². The minimum Gasteiger partial charge on any atom is -0.394 e. The number of hydrogen-bond donors (Lipinski definition) is 3. The van der Waals surface area contributed by atoms with Crippen LogP contribution in [0.2, 0.25) is 0 Å². The number of benzene rings is 1. The molecule has 126 valence electrons. The van der Waals surface area contributed by atoms with Crippen molar-refractivity contribution < 1.29 is 14.6 Å². The normalized spacial score (nSPS) is 25.6. The third-order valence-corrected chi connectivity index (χ3v) is 4.68. The summed E-state index contributed by atoms with van der Waals surface area (Å²) < 4.78 is 5.78. The maximum absolute atomic E-state index is 12.2. The van der Waals surface area contributed by atoms with Crippen LogP contribution in [0.4, 0.5) is 4.79 Å². The van der Waals surface area contributed by atoms with Gasteiger partial charge in [0.25, 0.3) is 0 Å². The molecule has 2 amide bonds. The van der Waals surface area contributed by atoms with E-state index in [1.807, 2.05) is 30.3 Å². The number of urea groups is 1. The molecule has 2 aliphatic rings. The Hall–Kier alpha value is -1.59. The van der Waals surface area contributed by atoms with Crippen LogP contribution in [-0.2, 0) is 11.2 Å². The molecule has 5 heteroatoms. The van der Waals surface area contributed by atoms with Gasteiger partial charge in [-0.3, -0.25) is 0 Å². The van der Waals surface area contributed by atoms with Crippen LogP contribution < -0.4 is 10.6 Å². The van der Waals surface area contributed by atoms with Crippen molar-refractivity contribution in [2.45, 2.75) is 50.3 Å².